The molecule has 1 heterocycles. The van der Waals surface area contributed by atoms with E-state index in [1.54, 1.807) is 6.07 Å². The summed E-state index contributed by atoms with van der Waals surface area (Å²) in [7, 11) is 0. The minimum atomic E-state index is -0.0197. The third-order valence-corrected chi connectivity index (χ3v) is 0.924. The van der Waals surface area contributed by atoms with Gasteiger partial charge in [0, 0.05) is 12.1 Å². The highest BCUT2D eigenvalue weighted by Gasteiger charge is 1.99. The van der Waals surface area contributed by atoms with Crippen LogP contribution in [-0.4, -0.2) is 5.16 Å². The summed E-state index contributed by atoms with van der Waals surface area (Å²) >= 11 is 0. The van der Waals surface area contributed by atoms with Crippen LogP contribution in [0, 0.1) is 0 Å². The van der Waals surface area contributed by atoms with Gasteiger partial charge in [-0.15, -0.1) is 12.4 Å². The molecule has 52 valence electrons. The van der Waals surface area contributed by atoms with Gasteiger partial charge in [-0.05, 0) is 6.92 Å². The summed E-state index contributed by atoms with van der Waals surface area (Å²) in [5.74, 6) is 0. The highest BCUT2D eigenvalue weighted by Crippen LogP contribution is 2.03. The van der Waals surface area contributed by atoms with Crippen molar-refractivity contribution in [1.82, 2.24) is 5.16 Å². The van der Waals surface area contributed by atoms with Gasteiger partial charge in [0.25, 0.3) is 0 Å². The van der Waals surface area contributed by atoms with Crippen molar-refractivity contribution in [2.24, 2.45) is 5.73 Å². The summed E-state index contributed by atoms with van der Waals surface area (Å²) in [5.41, 5.74) is 6.23. The summed E-state index contributed by atoms with van der Waals surface area (Å²) in [6.45, 7) is 1.86. The fraction of sp³-hybridized carbons (Fsp3) is 0.400. The van der Waals surface area contributed by atoms with E-state index in [0.29, 0.717) is 0 Å². The molecule has 0 aliphatic rings. The van der Waals surface area contributed by atoms with Gasteiger partial charge >= 0.3 is 0 Å². The molecule has 0 aliphatic carbocycles. The number of nitrogens with two attached hydrogens (primary N) is 1. The van der Waals surface area contributed by atoms with Crippen molar-refractivity contribution < 1.29 is 4.52 Å². The molecule has 1 rings (SSSR count). The van der Waals surface area contributed by atoms with Crippen molar-refractivity contribution >= 4 is 12.4 Å². The van der Waals surface area contributed by atoms with Crippen LogP contribution < -0.4 is 5.73 Å². The van der Waals surface area contributed by atoms with Crippen LogP contribution in [0.4, 0.5) is 0 Å². The lowest BCUT2D eigenvalue weighted by atomic mass is 10.3. The molecule has 0 aromatic carbocycles. The van der Waals surface area contributed by atoms with Crippen molar-refractivity contribution in [2.75, 3.05) is 0 Å². The number of halogens is 1. The number of hydrogen-bond donors (Lipinski definition) is 1. The Morgan fingerprint density at radius 1 is 1.78 bits per heavy atom. The average molecular weight is 149 g/mol. The monoisotopic (exact) mass is 148 g/mol. The zero-order valence-electron chi connectivity index (χ0n) is 5.07. The predicted molar refractivity (Wildman–Crippen MR) is 36.4 cm³/mol. The van der Waals surface area contributed by atoms with Gasteiger partial charge < -0.3 is 10.3 Å². The first kappa shape index (κ1) is 8.46. The maximum atomic E-state index is 5.44. The third kappa shape index (κ3) is 2.03. The van der Waals surface area contributed by atoms with Crippen LogP contribution >= 0.6 is 12.4 Å². The Morgan fingerprint density at radius 3 is 2.67 bits per heavy atom. The van der Waals surface area contributed by atoms with E-state index >= 15 is 0 Å². The lowest BCUT2D eigenvalue weighted by Gasteiger charge is -1.93. The summed E-state index contributed by atoms with van der Waals surface area (Å²) < 4.78 is 4.55. The SMILES string of the molecule is CC(N)c1ccon1.Cl. The van der Waals surface area contributed by atoms with Gasteiger partial charge in [-0.3, -0.25) is 0 Å². The standard InChI is InChI=1S/C5H8N2O.ClH/c1-4(6)5-2-3-8-7-5;/h2-4H,6H2,1H3;1H. The van der Waals surface area contributed by atoms with E-state index in [1.807, 2.05) is 6.92 Å². The highest BCUT2D eigenvalue weighted by atomic mass is 35.5. The van der Waals surface area contributed by atoms with Gasteiger partial charge in [0.15, 0.2) is 0 Å². The number of nitrogens with zero attached hydrogens (tertiary/aromatic N) is 1. The van der Waals surface area contributed by atoms with Gasteiger partial charge in [-0.25, -0.2) is 0 Å². The zero-order valence-corrected chi connectivity index (χ0v) is 5.89. The molecule has 0 aliphatic heterocycles. The second-order valence-corrected chi connectivity index (χ2v) is 1.71. The molecular weight excluding hydrogens is 140 g/mol. The van der Waals surface area contributed by atoms with Crippen LogP contribution in [0.15, 0.2) is 16.9 Å². The Hall–Kier alpha value is -0.540. The molecule has 1 unspecified atom stereocenters. The lowest BCUT2D eigenvalue weighted by molar-refractivity contribution is 0.407. The first-order valence-electron chi connectivity index (χ1n) is 2.46. The molecule has 1 aromatic heterocycles. The zero-order chi connectivity index (χ0) is 5.98. The van der Waals surface area contributed by atoms with E-state index in [0.717, 1.165) is 5.69 Å². The van der Waals surface area contributed by atoms with E-state index in [2.05, 4.69) is 9.68 Å². The van der Waals surface area contributed by atoms with E-state index in [1.165, 1.54) is 6.26 Å². The van der Waals surface area contributed by atoms with Gasteiger partial charge in [0.1, 0.15) is 6.26 Å². The van der Waals surface area contributed by atoms with Crippen LogP contribution in [0.1, 0.15) is 18.7 Å². The van der Waals surface area contributed by atoms with E-state index in [-0.39, 0.29) is 18.4 Å². The number of rotatable bonds is 1. The normalized spacial score (nSPS) is 12.2. The Morgan fingerprint density at radius 2 is 2.44 bits per heavy atom. The molecule has 0 spiro atoms. The fourth-order valence-electron chi connectivity index (χ4n) is 0.457. The molecule has 9 heavy (non-hydrogen) atoms. The van der Waals surface area contributed by atoms with Crippen molar-refractivity contribution in [3.05, 3.63) is 18.0 Å². The Kier molecular flexibility index (Phi) is 3.27. The van der Waals surface area contributed by atoms with Gasteiger partial charge in [-0.2, -0.15) is 0 Å². The fourth-order valence-corrected chi connectivity index (χ4v) is 0.457. The molecule has 0 fully saturated rings. The van der Waals surface area contributed by atoms with Crippen molar-refractivity contribution in [1.29, 1.82) is 0 Å². The number of hydrogen-bond acceptors (Lipinski definition) is 3. The van der Waals surface area contributed by atoms with Crippen LogP contribution in [0.25, 0.3) is 0 Å². The second kappa shape index (κ2) is 3.48. The molecule has 1 atom stereocenters. The number of aromatic nitrogens is 1. The Labute approximate surface area is 59.6 Å². The van der Waals surface area contributed by atoms with Gasteiger partial charge in [-0.1, -0.05) is 5.16 Å². The first-order chi connectivity index (χ1) is 3.80. The lowest BCUT2D eigenvalue weighted by Crippen LogP contribution is -2.04. The predicted octanol–water partition coefficient (Wildman–Crippen LogP) is 1.12. The molecule has 0 amide bonds. The smallest absolute Gasteiger partial charge is 0.124 e. The van der Waals surface area contributed by atoms with Crippen LogP contribution in [0.5, 0.6) is 0 Å². The summed E-state index contributed by atoms with van der Waals surface area (Å²) in [6.07, 6.45) is 1.51. The summed E-state index contributed by atoms with van der Waals surface area (Å²) in [5, 5.41) is 3.62. The van der Waals surface area contributed by atoms with E-state index in [4.69, 9.17) is 5.73 Å². The first-order valence-corrected chi connectivity index (χ1v) is 2.46. The average Bonchev–Trinajstić information content (AvgIpc) is 2.12. The Bertz CT molecular complexity index is 150. The van der Waals surface area contributed by atoms with Gasteiger partial charge in [0.05, 0.1) is 5.69 Å². The summed E-state index contributed by atoms with van der Waals surface area (Å²) in [4.78, 5) is 0. The maximum absolute atomic E-state index is 5.44. The van der Waals surface area contributed by atoms with Crippen molar-refractivity contribution in [3.63, 3.8) is 0 Å². The van der Waals surface area contributed by atoms with Crippen molar-refractivity contribution in [2.45, 2.75) is 13.0 Å². The molecule has 0 saturated heterocycles. The van der Waals surface area contributed by atoms with Crippen LogP contribution in [-0.2, 0) is 0 Å². The van der Waals surface area contributed by atoms with Crippen LogP contribution in [0.2, 0.25) is 0 Å². The molecule has 3 nitrogen and oxygen atoms in total. The largest absolute Gasteiger partial charge is 0.364 e. The highest BCUT2D eigenvalue weighted by molar-refractivity contribution is 5.85. The van der Waals surface area contributed by atoms with E-state index in [9.17, 15) is 0 Å². The molecule has 0 bridgehead atoms. The molecule has 4 heteroatoms. The Balaban J connectivity index is 0.000000640. The third-order valence-electron chi connectivity index (χ3n) is 0.924. The second-order valence-electron chi connectivity index (χ2n) is 1.71. The molecular formula is C5H9ClN2O. The van der Waals surface area contributed by atoms with Crippen molar-refractivity contribution in [3.8, 4) is 0 Å². The quantitative estimate of drug-likeness (QED) is 0.649. The van der Waals surface area contributed by atoms with Crippen LogP contribution in [0.3, 0.4) is 0 Å². The topological polar surface area (TPSA) is 52.0 Å². The maximum Gasteiger partial charge on any atom is 0.124 e. The molecule has 0 saturated carbocycles. The molecule has 2 N–H and O–H groups in total. The van der Waals surface area contributed by atoms with Gasteiger partial charge in [0.2, 0.25) is 0 Å². The molecule has 0 radical (unpaired) electrons. The molecule has 1 aromatic rings. The summed E-state index contributed by atoms with van der Waals surface area (Å²) in [6, 6.07) is 1.73. The minimum absolute atomic E-state index is 0. The van der Waals surface area contributed by atoms with E-state index < -0.39 is 0 Å². The minimum Gasteiger partial charge on any atom is -0.364 e.